The fraction of sp³-hybridized carbons (Fsp3) is 0.105. The summed E-state index contributed by atoms with van der Waals surface area (Å²) in [4.78, 5) is 15.1. The molecule has 4 nitrogen and oxygen atoms in total. The molecule has 1 N–H and O–H groups in total. The highest BCUT2D eigenvalue weighted by atomic mass is 16.5. The predicted octanol–water partition coefficient (Wildman–Crippen LogP) is 3.86. The fourth-order valence-corrected chi connectivity index (χ4v) is 2.97. The Morgan fingerprint density at radius 1 is 1.09 bits per heavy atom. The van der Waals surface area contributed by atoms with E-state index in [-0.39, 0.29) is 5.97 Å². The molecule has 4 heteroatoms. The van der Waals surface area contributed by atoms with Gasteiger partial charge in [-0.3, -0.25) is 0 Å². The molecule has 114 valence electrons. The van der Waals surface area contributed by atoms with Crippen LogP contribution in [-0.2, 0) is 9.53 Å². The van der Waals surface area contributed by atoms with Gasteiger partial charge in [0.1, 0.15) is 5.75 Å². The second-order valence-corrected chi connectivity index (χ2v) is 5.44. The molecule has 0 saturated heterocycles. The second-order valence-electron chi connectivity index (χ2n) is 5.44. The number of aromatic amines is 1. The van der Waals surface area contributed by atoms with Gasteiger partial charge < -0.3 is 14.5 Å². The van der Waals surface area contributed by atoms with Crippen LogP contribution in [-0.4, -0.2) is 18.1 Å². The van der Waals surface area contributed by atoms with Crippen molar-refractivity contribution in [1.29, 1.82) is 0 Å². The van der Waals surface area contributed by atoms with Crippen LogP contribution in [0.5, 0.6) is 5.75 Å². The average Bonchev–Trinajstić information content (AvgIpc) is 3.18. The number of methoxy groups -OCH3 is 1. The minimum absolute atomic E-state index is 0.314. The molecule has 4 rings (SSSR count). The highest BCUT2D eigenvalue weighted by molar-refractivity contribution is 6.03. The minimum atomic E-state index is -0.396. The van der Waals surface area contributed by atoms with Crippen molar-refractivity contribution in [3.63, 3.8) is 0 Å². The smallest absolute Gasteiger partial charge is 0.332 e. The first-order valence-electron chi connectivity index (χ1n) is 7.39. The van der Waals surface area contributed by atoms with Gasteiger partial charge in [-0.1, -0.05) is 30.3 Å². The lowest BCUT2D eigenvalue weighted by molar-refractivity contribution is -0.138. The maximum atomic E-state index is 11.9. The Kier molecular flexibility index (Phi) is 3.15. The maximum absolute atomic E-state index is 11.9. The molecule has 1 aliphatic heterocycles. The van der Waals surface area contributed by atoms with Gasteiger partial charge in [0.2, 0.25) is 0 Å². The van der Waals surface area contributed by atoms with E-state index in [0.717, 1.165) is 33.4 Å². The monoisotopic (exact) mass is 305 g/mol. The number of rotatable bonds is 3. The van der Waals surface area contributed by atoms with E-state index >= 15 is 0 Å². The van der Waals surface area contributed by atoms with E-state index in [9.17, 15) is 4.79 Å². The number of ether oxygens (including phenoxy) is 2. The lowest BCUT2D eigenvalue weighted by Gasteiger charge is -2.15. The standard InChI is InChI=1S/C19H15NO3/c1-22-13-8-6-12(7-9-13)19-15(10-18(21)23-19)16-11-20-17-5-3-2-4-14(16)17/h2-11,19-20H,1H3. The second kappa shape index (κ2) is 5.32. The Hall–Kier alpha value is -3.01. The van der Waals surface area contributed by atoms with Crippen LogP contribution in [0.1, 0.15) is 17.2 Å². The lowest BCUT2D eigenvalue weighted by atomic mass is 9.96. The zero-order chi connectivity index (χ0) is 15.8. The van der Waals surface area contributed by atoms with E-state index in [0.29, 0.717) is 0 Å². The highest BCUT2D eigenvalue weighted by Crippen LogP contribution is 2.40. The SMILES string of the molecule is COc1ccc(C2OC(=O)C=C2c2c[nH]c3ccccc23)cc1. The van der Waals surface area contributed by atoms with Crippen molar-refractivity contribution >= 4 is 22.4 Å². The van der Waals surface area contributed by atoms with Gasteiger partial charge in [0.25, 0.3) is 0 Å². The summed E-state index contributed by atoms with van der Waals surface area (Å²) >= 11 is 0. The van der Waals surface area contributed by atoms with Gasteiger partial charge in [-0.2, -0.15) is 0 Å². The highest BCUT2D eigenvalue weighted by Gasteiger charge is 2.30. The van der Waals surface area contributed by atoms with Crippen LogP contribution in [0.4, 0.5) is 0 Å². The molecule has 1 aromatic heterocycles. The molecule has 0 radical (unpaired) electrons. The number of hydrogen-bond donors (Lipinski definition) is 1. The van der Waals surface area contributed by atoms with Gasteiger partial charge in [0, 0.05) is 34.3 Å². The molecular formula is C19H15NO3. The summed E-state index contributed by atoms with van der Waals surface area (Å²) in [5.74, 6) is 0.460. The topological polar surface area (TPSA) is 51.3 Å². The molecule has 2 heterocycles. The van der Waals surface area contributed by atoms with Crippen molar-refractivity contribution in [3.05, 3.63) is 71.9 Å². The number of benzene rings is 2. The molecule has 0 aliphatic carbocycles. The molecule has 0 spiro atoms. The molecule has 3 aromatic rings. The first-order chi connectivity index (χ1) is 11.3. The molecule has 1 unspecified atom stereocenters. The number of carbonyl (C=O) groups is 1. The number of carbonyl (C=O) groups excluding carboxylic acids is 1. The number of esters is 1. The number of nitrogens with one attached hydrogen (secondary N) is 1. The largest absolute Gasteiger partial charge is 0.497 e. The maximum Gasteiger partial charge on any atom is 0.332 e. The molecule has 1 aliphatic rings. The van der Waals surface area contributed by atoms with Gasteiger partial charge in [-0.15, -0.1) is 0 Å². The van der Waals surface area contributed by atoms with Crippen molar-refractivity contribution in [2.45, 2.75) is 6.10 Å². The van der Waals surface area contributed by atoms with Crippen LogP contribution >= 0.6 is 0 Å². The van der Waals surface area contributed by atoms with Crippen LogP contribution in [0.3, 0.4) is 0 Å². The number of cyclic esters (lactones) is 1. The molecule has 0 bridgehead atoms. The summed E-state index contributed by atoms with van der Waals surface area (Å²) in [5, 5.41) is 1.08. The summed E-state index contributed by atoms with van der Waals surface area (Å²) in [6.45, 7) is 0. The van der Waals surface area contributed by atoms with Crippen molar-refractivity contribution in [3.8, 4) is 5.75 Å². The molecule has 2 aromatic carbocycles. The summed E-state index contributed by atoms with van der Waals surface area (Å²) in [6.07, 6.45) is 3.10. The minimum Gasteiger partial charge on any atom is -0.497 e. The number of fused-ring (bicyclic) bond motifs is 1. The molecule has 0 fully saturated rings. The normalized spacial score (nSPS) is 17.2. The zero-order valence-electron chi connectivity index (χ0n) is 12.6. The van der Waals surface area contributed by atoms with E-state index in [2.05, 4.69) is 4.98 Å². The van der Waals surface area contributed by atoms with E-state index in [1.54, 1.807) is 13.2 Å². The van der Waals surface area contributed by atoms with Gasteiger partial charge >= 0.3 is 5.97 Å². The number of aromatic nitrogens is 1. The van der Waals surface area contributed by atoms with Crippen molar-refractivity contribution in [2.75, 3.05) is 7.11 Å². The Balaban J connectivity index is 1.79. The van der Waals surface area contributed by atoms with E-state index in [1.165, 1.54) is 0 Å². The first kappa shape index (κ1) is 13.6. The number of H-pyrrole nitrogens is 1. The first-order valence-corrected chi connectivity index (χ1v) is 7.39. The van der Waals surface area contributed by atoms with E-state index in [4.69, 9.17) is 9.47 Å². The summed E-state index contributed by atoms with van der Waals surface area (Å²) in [7, 11) is 1.63. The van der Waals surface area contributed by atoms with Gasteiger partial charge in [-0.25, -0.2) is 4.79 Å². The predicted molar refractivity (Wildman–Crippen MR) is 88.1 cm³/mol. The van der Waals surface area contributed by atoms with Crippen LogP contribution < -0.4 is 4.74 Å². The van der Waals surface area contributed by atoms with Gasteiger partial charge in [0.05, 0.1) is 7.11 Å². The lowest BCUT2D eigenvalue weighted by Crippen LogP contribution is -2.02. The summed E-state index contributed by atoms with van der Waals surface area (Å²) < 4.78 is 10.7. The van der Waals surface area contributed by atoms with Gasteiger partial charge in [-0.05, 0) is 23.8 Å². The quantitative estimate of drug-likeness (QED) is 0.748. The number of hydrogen-bond acceptors (Lipinski definition) is 3. The van der Waals surface area contributed by atoms with E-state index in [1.807, 2.05) is 54.7 Å². The van der Waals surface area contributed by atoms with Crippen molar-refractivity contribution in [1.82, 2.24) is 4.98 Å². The molecule has 23 heavy (non-hydrogen) atoms. The molecule has 0 saturated carbocycles. The summed E-state index contributed by atoms with van der Waals surface area (Å²) in [5.41, 5.74) is 3.83. The summed E-state index contributed by atoms with van der Waals surface area (Å²) in [6, 6.07) is 15.6. The Morgan fingerprint density at radius 2 is 1.87 bits per heavy atom. The Labute approximate surface area is 133 Å². The fourth-order valence-electron chi connectivity index (χ4n) is 2.97. The van der Waals surface area contributed by atoms with Crippen LogP contribution in [0.15, 0.2) is 60.8 Å². The van der Waals surface area contributed by atoms with Gasteiger partial charge in [0.15, 0.2) is 6.10 Å². The van der Waals surface area contributed by atoms with Crippen molar-refractivity contribution in [2.24, 2.45) is 0 Å². The molecule has 0 amide bonds. The van der Waals surface area contributed by atoms with Crippen molar-refractivity contribution < 1.29 is 14.3 Å². The van der Waals surface area contributed by atoms with Crippen LogP contribution in [0.25, 0.3) is 16.5 Å². The molecule has 1 atom stereocenters. The zero-order valence-corrected chi connectivity index (χ0v) is 12.6. The Bertz CT molecular complexity index is 906. The van der Waals surface area contributed by atoms with E-state index < -0.39 is 6.10 Å². The third-order valence-corrected chi connectivity index (χ3v) is 4.11. The average molecular weight is 305 g/mol. The third kappa shape index (κ3) is 2.28. The third-order valence-electron chi connectivity index (χ3n) is 4.11. The van der Waals surface area contributed by atoms with Crippen LogP contribution in [0.2, 0.25) is 0 Å². The van der Waals surface area contributed by atoms with Crippen LogP contribution in [0, 0.1) is 0 Å². The Morgan fingerprint density at radius 3 is 2.65 bits per heavy atom. The molecular weight excluding hydrogens is 290 g/mol. The number of para-hydroxylation sites is 1.